The van der Waals surface area contributed by atoms with Crippen LogP contribution in [0, 0.1) is 15.2 Å². The zero-order valence-corrected chi connectivity index (χ0v) is 12.7. The van der Waals surface area contributed by atoms with Gasteiger partial charge in [0.1, 0.15) is 17.4 Å². The van der Waals surface area contributed by atoms with Crippen LogP contribution in [0.3, 0.4) is 0 Å². The molecule has 0 aliphatic carbocycles. The Morgan fingerprint density at radius 1 is 1.20 bits per heavy atom. The fraction of sp³-hybridized carbons (Fsp3) is 0.133. The third-order valence-corrected chi connectivity index (χ3v) is 3.35. The van der Waals surface area contributed by atoms with E-state index in [9.17, 15) is 13.6 Å². The van der Waals surface area contributed by atoms with Crippen molar-refractivity contribution in [3.8, 4) is 5.75 Å². The number of carbonyl (C=O) groups excluding carboxylic acids is 1. The number of carbonyl (C=O) groups is 1. The minimum atomic E-state index is -0.881. The molecule has 1 atom stereocenters. The average molecular weight is 388 g/mol. The number of ketones is 1. The maximum atomic E-state index is 13.5. The molecule has 5 heteroatoms. The fourth-order valence-corrected chi connectivity index (χ4v) is 2.22. The van der Waals surface area contributed by atoms with Crippen LogP contribution in [-0.4, -0.2) is 11.9 Å². The summed E-state index contributed by atoms with van der Waals surface area (Å²) in [5.41, 5.74) is -0.176. The van der Waals surface area contributed by atoms with Crippen molar-refractivity contribution < 1.29 is 18.3 Å². The monoisotopic (exact) mass is 388 g/mol. The molecular formula is C15H11F2IO2. The highest BCUT2D eigenvalue weighted by molar-refractivity contribution is 14.1. The lowest BCUT2D eigenvalue weighted by Gasteiger charge is -2.14. The van der Waals surface area contributed by atoms with Gasteiger partial charge in [0.25, 0.3) is 0 Å². The number of hydrogen-bond donors (Lipinski definition) is 0. The van der Waals surface area contributed by atoms with Crippen LogP contribution in [0.1, 0.15) is 17.3 Å². The molecule has 0 saturated heterocycles. The van der Waals surface area contributed by atoms with Crippen LogP contribution < -0.4 is 4.74 Å². The van der Waals surface area contributed by atoms with Gasteiger partial charge in [-0.15, -0.1) is 0 Å². The first-order valence-corrected chi connectivity index (χ1v) is 6.97. The molecule has 1 unspecified atom stereocenters. The quantitative estimate of drug-likeness (QED) is 0.579. The Morgan fingerprint density at radius 2 is 1.95 bits per heavy atom. The van der Waals surface area contributed by atoms with Gasteiger partial charge in [0.15, 0.2) is 6.10 Å². The number of hydrogen-bond acceptors (Lipinski definition) is 2. The third-order valence-electron chi connectivity index (χ3n) is 2.67. The Balaban J connectivity index is 2.16. The van der Waals surface area contributed by atoms with Gasteiger partial charge in [-0.3, -0.25) is 4.79 Å². The Kier molecular flexibility index (Phi) is 4.69. The van der Waals surface area contributed by atoms with Crippen molar-refractivity contribution in [1.82, 2.24) is 0 Å². The molecule has 0 aromatic heterocycles. The van der Waals surface area contributed by atoms with E-state index < -0.39 is 23.5 Å². The lowest BCUT2D eigenvalue weighted by atomic mass is 10.1. The van der Waals surface area contributed by atoms with E-state index in [2.05, 4.69) is 22.6 Å². The highest BCUT2D eigenvalue weighted by Crippen LogP contribution is 2.19. The first-order valence-electron chi connectivity index (χ1n) is 5.89. The Bertz CT molecular complexity index is 644. The molecule has 0 amide bonds. The zero-order valence-electron chi connectivity index (χ0n) is 10.6. The summed E-state index contributed by atoms with van der Waals surface area (Å²) < 4.78 is 32.8. The Hall–Kier alpha value is -1.50. The van der Waals surface area contributed by atoms with Crippen molar-refractivity contribution in [2.75, 3.05) is 0 Å². The molecule has 2 aromatic rings. The number of rotatable bonds is 4. The molecule has 0 bridgehead atoms. The molecule has 0 spiro atoms. The molecule has 20 heavy (non-hydrogen) atoms. The normalized spacial score (nSPS) is 12.0. The number of halogens is 3. The van der Waals surface area contributed by atoms with Gasteiger partial charge in [-0.2, -0.15) is 0 Å². The van der Waals surface area contributed by atoms with Crippen molar-refractivity contribution in [2.45, 2.75) is 13.0 Å². The largest absolute Gasteiger partial charge is 0.483 e. The maximum absolute atomic E-state index is 13.5. The molecule has 0 N–H and O–H groups in total. The lowest BCUT2D eigenvalue weighted by Crippen LogP contribution is -2.24. The molecule has 104 valence electrons. The summed E-state index contributed by atoms with van der Waals surface area (Å²) >= 11 is 2.12. The van der Waals surface area contributed by atoms with E-state index >= 15 is 0 Å². The van der Waals surface area contributed by atoms with E-state index in [4.69, 9.17) is 4.74 Å². The highest BCUT2D eigenvalue weighted by Gasteiger charge is 2.20. The van der Waals surface area contributed by atoms with Gasteiger partial charge in [-0.05, 0) is 59.8 Å². The minimum absolute atomic E-state index is 0.176. The van der Waals surface area contributed by atoms with Crippen LogP contribution in [0.2, 0.25) is 0 Å². The first kappa shape index (κ1) is 14.9. The Morgan fingerprint density at radius 3 is 2.60 bits per heavy atom. The molecule has 2 nitrogen and oxygen atoms in total. The summed E-state index contributed by atoms with van der Waals surface area (Å²) in [5.74, 6) is -1.60. The van der Waals surface area contributed by atoms with Gasteiger partial charge in [0, 0.05) is 9.64 Å². The molecule has 0 heterocycles. The van der Waals surface area contributed by atoms with Gasteiger partial charge >= 0.3 is 0 Å². The standard InChI is InChI=1S/C15H11F2IO2/c1-9(20-12-4-2-3-11(18)8-12)15(19)13-6-5-10(16)7-14(13)17/h2-9H,1H3. The van der Waals surface area contributed by atoms with Crippen LogP contribution in [0.5, 0.6) is 5.75 Å². The number of benzene rings is 2. The third kappa shape index (κ3) is 3.53. The van der Waals surface area contributed by atoms with Crippen molar-refractivity contribution in [1.29, 1.82) is 0 Å². The summed E-state index contributed by atoms with van der Waals surface area (Å²) in [6.45, 7) is 1.53. The minimum Gasteiger partial charge on any atom is -0.483 e. The Labute approximate surface area is 128 Å². The van der Waals surface area contributed by atoms with Crippen LogP contribution in [0.25, 0.3) is 0 Å². The summed E-state index contributed by atoms with van der Waals surface area (Å²) in [6.07, 6.45) is -0.854. The topological polar surface area (TPSA) is 26.3 Å². The van der Waals surface area contributed by atoms with Gasteiger partial charge in [0.2, 0.25) is 5.78 Å². The van der Waals surface area contributed by atoms with Crippen molar-refractivity contribution in [2.24, 2.45) is 0 Å². The molecule has 0 aliphatic heterocycles. The number of ether oxygens (including phenoxy) is 1. The van der Waals surface area contributed by atoms with E-state index in [1.54, 1.807) is 18.2 Å². The fourth-order valence-electron chi connectivity index (χ4n) is 1.71. The van der Waals surface area contributed by atoms with Gasteiger partial charge in [-0.1, -0.05) is 6.07 Å². The van der Waals surface area contributed by atoms with E-state index in [1.807, 2.05) is 6.07 Å². The molecule has 2 aromatic carbocycles. The second kappa shape index (κ2) is 6.30. The summed E-state index contributed by atoms with van der Waals surface area (Å²) in [4.78, 5) is 12.1. The van der Waals surface area contributed by atoms with E-state index in [0.717, 1.165) is 15.7 Å². The number of Topliss-reactive ketones (excluding diaryl/α,β-unsaturated/α-hetero) is 1. The van der Waals surface area contributed by atoms with Gasteiger partial charge in [0.05, 0.1) is 5.56 Å². The molecule has 0 fully saturated rings. The smallest absolute Gasteiger partial charge is 0.205 e. The summed E-state index contributed by atoms with van der Waals surface area (Å²) in [6, 6.07) is 10.0. The van der Waals surface area contributed by atoms with Crippen LogP contribution >= 0.6 is 22.6 Å². The first-order chi connectivity index (χ1) is 9.47. The molecule has 0 radical (unpaired) electrons. The van der Waals surface area contributed by atoms with Gasteiger partial charge < -0.3 is 4.74 Å². The van der Waals surface area contributed by atoms with Crippen molar-refractivity contribution in [3.05, 3.63) is 63.2 Å². The predicted molar refractivity (Wildman–Crippen MR) is 79.9 cm³/mol. The highest BCUT2D eigenvalue weighted by atomic mass is 127. The lowest BCUT2D eigenvalue weighted by molar-refractivity contribution is 0.0813. The summed E-state index contributed by atoms with van der Waals surface area (Å²) in [5, 5.41) is 0. The van der Waals surface area contributed by atoms with Crippen LogP contribution in [-0.2, 0) is 0 Å². The van der Waals surface area contributed by atoms with Crippen LogP contribution in [0.15, 0.2) is 42.5 Å². The average Bonchev–Trinajstić information content (AvgIpc) is 2.38. The van der Waals surface area contributed by atoms with Crippen molar-refractivity contribution >= 4 is 28.4 Å². The van der Waals surface area contributed by atoms with E-state index in [0.29, 0.717) is 11.8 Å². The van der Waals surface area contributed by atoms with E-state index in [-0.39, 0.29) is 5.56 Å². The maximum Gasteiger partial charge on any atom is 0.205 e. The molecule has 0 aliphatic rings. The van der Waals surface area contributed by atoms with Crippen molar-refractivity contribution in [3.63, 3.8) is 0 Å². The second-order valence-corrected chi connectivity index (χ2v) is 5.45. The molecule has 2 rings (SSSR count). The SMILES string of the molecule is CC(Oc1cccc(I)c1)C(=O)c1ccc(F)cc1F. The second-order valence-electron chi connectivity index (χ2n) is 4.21. The summed E-state index contributed by atoms with van der Waals surface area (Å²) in [7, 11) is 0. The molecule has 0 saturated carbocycles. The van der Waals surface area contributed by atoms with Crippen LogP contribution in [0.4, 0.5) is 8.78 Å². The predicted octanol–water partition coefficient (Wildman–Crippen LogP) is 4.22. The zero-order chi connectivity index (χ0) is 14.7. The van der Waals surface area contributed by atoms with E-state index in [1.165, 1.54) is 6.92 Å². The molecular weight excluding hydrogens is 377 g/mol. The van der Waals surface area contributed by atoms with Gasteiger partial charge in [-0.25, -0.2) is 8.78 Å².